The third kappa shape index (κ3) is 42.4. The first-order chi connectivity index (χ1) is 42.6. The lowest BCUT2D eigenvalue weighted by Crippen LogP contribution is -2.65. The lowest BCUT2D eigenvalue weighted by atomic mass is 9.97. The number of carbonyl (C=O) groups excluding carboxylic acids is 1. The maximum absolute atomic E-state index is 13.3. The molecule has 514 valence electrons. The predicted octanol–water partition coefficient (Wildman–Crippen LogP) is 15.5. The van der Waals surface area contributed by atoms with Gasteiger partial charge in [0.25, 0.3) is 0 Å². The van der Waals surface area contributed by atoms with Crippen molar-refractivity contribution in [3.8, 4) is 0 Å². The molecular weight excluding hydrogens is 1100 g/mol. The van der Waals surface area contributed by atoms with Crippen molar-refractivity contribution < 1.29 is 64.6 Å². The number of hydrogen-bond acceptors (Lipinski definition) is 13. The van der Waals surface area contributed by atoms with Crippen molar-refractivity contribution in [2.24, 2.45) is 0 Å². The number of aliphatic hydroxyl groups is 8. The van der Waals surface area contributed by atoms with E-state index in [0.717, 1.165) is 32.1 Å². The van der Waals surface area contributed by atoms with E-state index >= 15 is 0 Å². The number of amides is 1. The minimum Gasteiger partial charge on any atom is -0.394 e. The van der Waals surface area contributed by atoms with E-state index < -0.39 is 86.8 Å². The topological polar surface area (TPSA) is 228 Å². The molecule has 2 aliphatic rings. The highest BCUT2D eigenvalue weighted by atomic mass is 16.7. The second-order valence-electron chi connectivity index (χ2n) is 26.4. The summed E-state index contributed by atoms with van der Waals surface area (Å²) >= 11 is 0. The Bertz CT molecular complexity index is 1550. The first-order valence-corrected chi connectivity index (χ1v) is 37.1. The number of unbranched alkanes of at least 4 members (excludes halogenated alkanes) is 47. The van der Waals surface area contributed by atoms with Gasteiger partial charge in [-0.1, -0.05) is 327 Å². The zero-order chi connectivity index (χ0) is 63.1. The van der Waals surface area contributed by atoms with Crippen LogP contribution in [-0.4, -0.2) is 140 Å². The number of carbonyl (C=O) groups is 1. The molecule has 12 atom stereocenters. The zero-order valence-corrected chi connectivity index (χ0v) is 56.0. The summed E-state index contributed by atoms with van der Waals surface area (Å²) in [5, 5.41) is 87.5. The van der Waals surface area contributed by atoms with Crippen molar-refractivity contribution >= 4 is 5.91 Å². The van der Waals surface area contributed by atoms with Crippen molar-refractivity contribution in [3.63, 3.8) is 0 Å². The molecule has 2 fully saturated rings. The van der Waals surface area contributed by atoms with Gasteiger partial charge in [-0.2, -0.15) is 0 Å². The Hall–Kier alpha value is -1.53. The van der Waals surface area contributed by atoms with Crippen LogP contribution < -0.4 is 5.32 Å². The first-order valence-electron chi connectivity index (χ1n) is 37.1. The molecule has 14 heteroatoms. The molecule has 0 spiro atoms. The molecule has 14 nitrogen and oxygen atoms in total. The summed E-state index contributed by atoms with van der Waals surface area (Å²) in [6, 6.07) is -0.930. The second kappa shape index (κ2) is 58.3. The molecule has 2 aliphatic heterocycles. The van der Waals surface area contributed by atoms with Gasteiger partial charge in [-0.15, -0.1) is 0 Å². The van der Waals surface area contributed by atoms with Crippen LogP contribution in [-0.2, 0) is 23.7 Å². The summed E-state index contributed by atoms with van der Waals surface area (Å²) < 4.78 is 22.9. The van der Waals surface area contributed by atoms with Gasteiger partial charge in [0.1, 0.15) is 48.8 Å². The molecule has 2 rings (SSSR count). The fourth-order valence-corrected chi connectivity index (χ4v) is 12.5. The van der Waals surface area contributed by atoms with Crippen LogP contribution in [0.15, 0.2) is 24.3 Å². The van der Waals surface area contributed by atoms with Gasteiger partial charge in [-0.25, -0.2) is 0 Å². The Morgan fingerprint density at radius 3 is 1.13 bits per heavy atom. The highest BCUT2D eigenvalue weighted by molar-refractivity contribution is 5.76. The first kappa shape index (κ1) is 81.6. The summed E-state index contributed by atoms with van der Waals surface area (Å²) in [4.78, 5) is 13.3. The van der Waals surface area contributed by atoms with Crippen LogP contribution in [0.1, 0.15) is 341 Å². The molecule has 87 heavy (non-hydrogen) atoms. The Morgan fingerprint density at radius 1 is 0.402 bits per heavy atom. The summed E-state index contributed by atoms with van der Waals surface area (Å²) in [6.07, 6.45) is 56.8. The lowest BCUT2D eigenvalue weighted by Gasteiger charge is -2.46. The largest absolute Gasteiger partial charge is 0.394 e. The normalized spacial score (nSPS) is 23.3. The molecule has 2 heterocycles. The minimum absolute atomic E-state index is 0.241. The van der Waals surface area contributed by atoms with Crippen molar-refractivity contribution in [1.82, 2.24) is 5.32 Å². The summed E-state index contributed by atoms with van der Waals surface area (Å²) in [5.41, 5.74) is 0. The molecule has 0 aromatic heterocycles. The average molecular weight is 1240 g/mol. The van der Waals surface area contributed by atoms with E-state index in [-0.39, 0.29) is 18.9 Å². The molecule has 0 radical (unpaired) electrons. The third-order valence-corrected chi connectivity index (χ3v) is 18.4. The van der Waals surface area contributed by atoms with Crippen LogP contribution in [0, 0.1) is 0 Å². The van der Waals surface area contributed by atoms with E-state index in [1.807, 2.05) is 6.08 Å². The number of hydrogen-bond donors (Lipinski definition) is 9. The molecule has 0 bridgehead atoms. The average Bonchev–Trinajstić information content (AvgIpc) is 2.50. The summed E-state index contributed by atoms with van der Waals surface area (Å²) in [5.74, 6) is -0.241. The monoisotopic (exact) mass is 1240 g/mol. The van der Waals surface area contributed by atoms with Gasteiger partial charge in [-0.3, -0.25) is 4.79 Å². The van der Waals surface area contributed by atoms with Crippen LogP contribution in [0.25, 0.3) is 0 Å². The molecule has 0 aromatic rings. The van der Waals surface area contributed by atoms with Crippen molar-refractivity contribution in [1.29, 1.82) is 0 Å². The predicted molar refractivity (Wildman–Crippen MR) is 355 cm³/mol. The minimum atomic E-state index is -1.79. The quantitative estimate of drug-likeness (QED) is 0.0204. The third-order valence-electron chi connectivity index (χ3n) is 18.4. The Balaban J connectivity index is 1.67. The molecule has 0 saturated carbocycles. The van der Waals surface area contributed by atoms with E-state index in [1.54, 1.807) is 6.08 Å². The standard InChI is InChI=1S/C73H139NO13/c1-3-5-7-9-11-13-15-17-19-21-23-25-27-29-30-31-33-34-36-38-40-42-44-46-48-50-52-54-56-62(77)61(60-84-72-70(83)68(81)71(64(59-76)86-72)87-73-69(82)67(80)66(79)63(58-75)85-73)74-65(78)57-55-53-51-49-47-45-43-41-39-37-35-32-28-26-24-22-20-18-16-14-12-10-8-6-4-2/h46,48,54,56,61-64,66-73,75-77,79-83H,3-45,47,49-53,55,57-60H2,1-2H3,(H,74,78)/b48-46+,56-54+. The fraction of sp³-hybridized carbons (Fsp3) is 0.932. The molecule has 12 unspecified atom stereocenters. The highest BCUT2D eigenvalue weighted by Gasteiger charge is 2.51. The van der Waals surface area contributed by atoms with E-state index in [9.17, 15) is 45.6 Å². The number of rotatable bonds is 62. The molecule has 0 aromatic carbocycles. The van der Waals surface area contributed by atoms with Crippen molar-refractivity contribution in [3.05, 3.63) is 24.3 Å². The zero-order valence-electron chi connectivity index (χ0n) is 56.0. The van der Waals surface area contributed by atoms with E-state index in [1.165, 1.54) is 276 Å². The van der Waals surface area contributed by atoms with Gasteiger partial charge < -0.3 is 65.1 Å². The number of allylic oxidation sites excluding steroid dienone is 3. The number of aliphatic hydroxyl groups excluding tert-OH is 8. The van der Waals surface area contributed by atoms with Crippen LogP contribution in [0.4, 0.5) is 0 Å². The van der Waals surface area contributed by atoms with Crippen molar-refractivity contribution in [2.75, 3.05) is 19.8 Å². The molecular formula is C73H139NO13. The number of nitrogens with one attached hydrogen (secondary N) is 1. The smallest absolute Gasteiger partial charge is 0.220 e. The summed E-state index contributed by atoms with van der Waals surface area (Å²) in [7, 11) is 0. The van der Waals surface area contributed by atoms with Crippen LogP contribution in [0.2, 0.25) is 0 Å². The molecule has 1 amide bonds. The summed E-state index contributed by atoms with van der Waals surface area (Å²) in [6.45, 7) is 2.85. The van der Waals surface area contributed by atoms with E-state index in [2.05, 4.69) is 31.3 Å². The van der Waals surface area contributed by atoms with Gasteiger partial charge in [0.05, 0.1) is 32.0 Å². The maximum Gasteiger partial charge on any atom is 0.220 e. The van der Waals surface area contributed by atoms with Gasteiger partial charge in [0, 0.05) is 6.42 Å². The van der Waals surface area contributed by atoms with Crippen molar-refractivity contribution in [2.45, 2.75) is 415 Å². The molecule has 2 saturated heterocycles. The maximum atomic E-state index is 13.3. The molecule has 0 aliphatic carbocycles. The lowest BCUT2D eigenvalue weighted by molar-refractivity contribution is -0.359. The molecule has 9 N–H and O–H groups in total. The van der Waals surface area contributed by atoms with E-state index in [0.29, 0.717) is 12.8 Å². The highest BCUT2D eigenvalue weighted by Crippen LogP contribution is 2.30. The van der Waals surface area contributed by atoms with Gasteiger partial charge in [0.2, 0.25) is 5.91 Å². The van der Waals surface area contributed by atoms with E-state index in [4.69, 9.17) is 18.9 Å². The van der Waals surface area contributed by atoms with Gasteiger partial charge in [0.15, 0.2) is 12.6 Å². The van der Waals surface area contributed by atoms with Crippen LogP contribution in [0.3, 0.4) is 0 Å². The van der Waals surface area contributed by atoms with Gasteiger partial charge >= 0.3 is 0 Å². The Morgan fingerprint density at radius 2 is 0.736 bits per heavy atom. The second-order valence-corrected chi connectivity index (χ2v) is 26.4. The SMILES string of the molecule is CCCCCCCCCCCCCCCCCCCCCCCC/C=C/CC/C=C/C(O)C(COC1OC(CO)C(OC2OC(CO)C(O)C(O)C2O)C(O)C1O)NC(=O)CCCCCCCCCCCCCCCCCCCCCCCCCCC. The van der Waals surface area contributed by atoms with Crippen LogP contribution >= 0.6 is 0 Å². The Labute approximate surface area is 532 Å². The van der Waals surface area contributed by atoms with Gasteiger partial charge in [-0.05, 0) is 32.1 Å². The van der Waals surface area contributed by atoms with Crippen LogP contribution in [0.5, 0.6) is 0 Å². The fourth-order valence-electron chi connectivity index (χ4n) is 12.5. The number of ether oxygens (including phenoxy) is 4. The Kier molecular flexibility index (Phi) is 54.7.